The smallest absolute Gasteiger partial charge is 0.119 e. The number of ether oxygens (including phenoxy) is 1. The predicted molar refractivity (Wildman–Crippen MR) is 84.4 cm³/mol. The molecule has 0 amide bonds. The lowest BCUT2D eigenvalue weighted by molar-refractivity contribution is 0.306. The summed E-state index contributed by atoms with van der Waals surface area (Å²) in [6, 6.07) is 15.3. The summed E-state index contributed by atoms with van der Waals surface area (Å²) in [6.07, 6.45) is 0.705. The Labute approximate surface area is 129 Å². The van der Waals surface area contributed by atoms with Gasteiger partial charge in [0.15, 0.2) is 0 Å². The predicted octanol–water partition coefficient (Wildman–Crippen LogP) is 4.90. The molecule has 2 aromatic rings. The van der Waals surface area contributed by atoms with Crippen molar-refractivity contribution >= 4 is 23.2 Å². The topological polar surface area (TPSA) is 9.23 Å². The number of alkyl halides is 1. The summed E-state index contributed by atoms with van der Waals surface area (Å²) >= 11 is 11.4. The van der Waals surface area contributed by atoms with Gasteiger partial charge in [0, 0.05) is 22.9 Å². The van der Waals surface area contributed by atoms with Crippen LogP contribution in [0.15, 0.2) is 48.5 Å². The van der Waals surface area contributed by atoms with Crippen LogP contribution in [-0.2, 0) is 6.61 Å². The van der Waals surface area contributed by atoms with Gasteiger partial charge >= 0.3 is 0 Å². The maximum absolute atomic E-state index is 5.84. The van der Waals surface area contributed by atoms with Gasteiger partial charge in [-0.05, 0) is 42.0 Å². The average Bonchev–Trinajstić information content (AvgIpc) is 2.48. The molecule has 0 saturated heterocycles. The van der Waals surface area contributed by atoms with E-state index in [1.165, 1.54) is 0 Å². The molecule has 0 fully saturated rings. The molecule has 102 valence electrons. The minimum atomic E-state index is 0.522. The van der Waals surface area contributed by atoms with Gasteiger partial charge in [0.25, 0.3) is 0 Å². The largest absolute Gasteiger partial charge is 0.489 e. The normalized spacial score (nSPS) is 9.70. The van der Waals surface area contributed by atoms with E-state index in [1.54, 1.807) is 0 Å². The van der Waals surface area contributed by atoms with Gasteiger partial charge in [-0.1, -0.05) is 35.6 Å². The zero-order chi connectivity index (χ0) is 14.2. The molecule has 0 aliphatic rings. The van der Waals surface area contributed by atoms with E-state index in [2.05, 4.69) is 11.8 Å². The summed E-state index contributed by atoms with van der Waals surface area (Å²) in [5, 5.41) is 0.730. The van der Waals surface area contributed by atoms with Gasteiger partial charge in [0.1, 0.15) is 12.4 Å². The maximum Gasteiger partial charge on any atom is 0.119 e. The van der Waals surface area contributed by atoms with Crippen molar-refractivity contribution in [3.8, 4) is 17.6 Å². The number of halogens is 2. The van der Waals surface area contributed by atoms with E-state index in [1.807, 2.05) is 48.5 Å². The van der Waals surface area contributed by atoms with E-state index in [0.29, 0.717) is 18.9 Å². The van der Waals surface area contributed by atoms with E-state index >= 15 is 0 Å². The molecule has 2 rings (SSSR count). The fourth-order valence-corrected chi connectivity index (χ4v) is 1.81. The van der Waals surface area contributed by atoms with Crippen LogP contribution in [0.3, 0.4) is 0 Å². The molecule has 0 heterocycles. The van der Waals surface area contributed by atoms with Gasteiger partial charge in [-0.25, -0.2) is 0 Å². The van der Waals surface area contributed by atoms with Crippen LogP contribution < -0.4 is 4.74 Å². The van der Waals surface area contributed by atoms with Gasteiger partial charge in [0.2, 0.25) is 0 Å². The molecule has 0 atom stereocenters. The molecule has 0 saturated carbocycles. The van der Waals surface area contributed by atoms with Crippen molar-refractivity contribution in [2.24, 2.45) is 0 Å². The van der Waals surface area contributed by atoms with Gasteiger partial charge in [-0.3, -0.25) is 0 Å². The van der Waals surface area contributed by atoms with E-state index in [-0.39, 0.29) is 0 Å². The van der Waals surface area contributed by atoms with Crippen molar-refractivity contribution in [2.45, 2.75) is 13.0 Å². The van der Waals surface area contributed by atoms with Crippen LogP contribution >= 0.6 is 23.2 Å². The van der Waals surface area contributed by atoms with E-state index in [9.17, 15) is 0 Å². The van der Waals surface area contributed by atoms with Crippen LogP contribution in [0.4, 0.5) is 0 Å². The Morgan fingerprint density at radius 2 is 1.65 bits per heavy atom. The second-order valence-corrected chi connectivity index (χ2v) is 4.99. The molecule has 0 unspecified atom stereocenters. The Kier molecular flexibility index (Phi) is 5.80. The third-order valence-electron chi connectivity index (χ3n) is 2.63. The summed E-state index contributed by atoms with van der Waals surface area (Å²) in [6.45, 7) is 0.522. The molecule has 0 aliphatic carbocycles. The highest BCUT2D eigenvalue weighted by Gasteiger charge is 1.96. The molecule has 0 aromatic heterocycles. The third-order valence-corrected chi connectivity index (χ3v) is 3.07. The van der Waals surface area contributed by atoms with Crippen LogP contribution in [0.1, 0.15) is 17.5 Å². The number of hydrogen-bond donors (Lipinski definition) is 0. The van der Waals surface area contributed by atoms with Gasteiger partial charge in [-0.2, -0.15) is 0 Å². The van der Waals surface area contributed by atoms with Gasteiger partial charge < -0.3 is 4.74 Å². The first-order valence-corrected chi connectivity index (χ1v) is 7.21. The zero-order valence-electron chi connectivity index (χ0n) is 10.9. The summed E-state index contributed by atoms with van der Waals surface area (Å²) in [5.74, 6) is 7.43. The molecule has 2 aromatic carbocycles. The number of rotatable bonds is 4. The Hall–Kier alpha value is -1.62. The SMILES string of the molecule is ClCCC#Cc1ccc(OCc2ccc(Cl)cc2)cc1. The van der Waals surface area contributed by atoms with Crippen molar-refractivity contribution < 1.29 is 4.74 Å². The van der Waals surface area contributed by atoms with Gasteiger partial charge in [0.05, 0.1) is 0 Å². The second-order valence-electron chi connectivity index (χ2n) is 4.18. The Bertz CT molecular complexity index is 592. The van der Waals surface area contributed by atoms with Crippen LogP contribution in [0.2, 0.25) is 5.02 Å². The van der Waals surface area contributed by atoms with Crippen LogP contribution in [0.25, 0.3) is 0 Å². The Morgan fingerprint density at radius 1 is 0.950 bits per heavy atom. The molecule has 0 aliphatic heterocycles. The monoisotopic (exact) mass is 304 g/mol. The quantitative estimate of drug-likeness (QED) is 0.576. The van der Waals surface area contributed by atoms with E-state index < -0.39 is 0 Å². The number of hydrogen-bond acceptors (Lipinski definition) is 1. The summed E-state index contributed by atoms with van der Waals surface area (Å²) < 4.78 is 5.70. The van der Waals surface area contributed by atoms with Crippen molar-refractivity contribution in [1.82, 2.24) is 0 Å². The lowest BCUT2D eigenvalue weighted by Crippen LogP contribution is -1.94. The van der Waals surface area contributed by atoms with Crippen molar-refractivity contribution in [1.29, 1.82) is 0 Å². The molecule has 0 N–H and O–H groups in total. The Morgan fingerprint density at radius 3 is 2.30 bits per heavy atom. The Balaban J connectivity index is 1.91. The molecule has 0 bridgehead atoms. The van der Waals surface area contributed by atoms with Gasteiger partial charge in [-0.15, -0.1) is 11.6 Å². The van der Waals surface area contributed by atoms with Crippen LogP contribution in [0.5, 0.6) is 5.75 Å². The molecule has 3 heteroatoms. The minimum absolute atomic E-state index is 0.522. The highest BCUT2D eigenvalue weighted by atomic mass is 35.5. The second kappa shape index (κ2) is 7.85. The summed E-state index contributed by atoms with van der Waals surface area (Å²) in [5.41, 5.74) is 2.05. The summed E-state index contributed by atoms with van der Waals surface area (Å²) in [4.78, 5) is 0. The van der Waals surface area contributed by atoms with Crippen molar-refractivity contribution in [2.75, 3.05) is 5.88 Å². The molecular formula is C17H14Cl2O. The average molecular weight is 305 g/mol. The summed E-state index contributed by atoms with van der Waals surface area (Å²) in [7, 11) is 0. The first kappa shape index (κ1) is 14.8. The van der Waals surface area contributed by atoms with Crippen molar-refractivity contribution in [3.05, 3.63) is 64.7 Å². The number of benzene rings is 2. The molecule has 0 spiro atoms. The minimum Gasteiger partial charge on any atom is -0.489 e. The lowest BCUT2D eigenvalue weighted by Gasteiger charge is -2.06. The molecular weight excluding hydrogens is 291 g/mol. The highest BCUT2D eigenvalue weighted by molar-refractivity contribution is 6.30. The third kappa shape index (κ3) is 4.81. The first-order chi connectivity index (χ1) is 9.78. The van der Waals surface area contributed by atoms with E-state index in [4.69, 9.17) is 27.9 Å². The highest BCUT2D eigenvalue weighted by Crippen LogP contribution is 2.15. The fourth-order valence-electron chi connectivity index (χ4n) is 1.59. The van der Waals surface area contributed by atoms with Crippen molar-refractivity contribution in [3.63, 3.8) is 0 Å². The van der Waals surface area contributed by atoms with E-state index in [0.717, 1.165) is 21.9 Å². The standard InChI is InChI=1S/C17H14Cl2O/c18-12-2-1-3-14-6-10-17(11-7-14)20-13-15-4-8-16(19)9-5-15/h4-11H,2,12-13H2. The fraction of sp³-hybridized carbons (Fsp3) is 0.176. The lowest BCUT2D eigenvalue weighted by atomic mass is 10.2. The molecule has 0 radical (unpaired) electrons. The van der Waals surface area contributed by atoms with Crippen LogP contribution in [-0.4, -0.2) is 5.88 Å². The first-order valence-electron chi connectivity index (χ1n) is 6.30. The molecule has 20 heavy (non-hydrogen) atoms. The van der Waals surface area contributed by atoms with Crippen LogP contribution in [0, 0.1) is 11.8 Å². The molecule has 1 nitrogen and oxygen atoms in total. The zero-order valence-corrected chi connectivity index (χ0v) is 12.4. The maximum atomic E-state index is 5.84.